The van der Waals surface area contributed by atoms with Crippen LogP contribution in [0.2, 0.25) is 0 Å². The van der Waals surface area contributed by atoms with Crippen molar-refractivity contribution in [2.24, 2.45) is 11.5 Å². The van der Waals surface area contributed by atoms with E-state index < -0.39 is 0 Å². The van der Waals surface area contributed by atoms with Crippen LogP contribution in [0, 0.1) is 0 Å². The Morgan fingerprint density at radius 1 is 0.682 bits per heavy atom. The number of hydrogen-bond donors (Lipinski definition) is 2. The zero-order valence-electron chi connectivity index (χ0n) is 15.2. The molecule has 0 bridgehead atoms. The Kier molecular flexibility index (Phi) is 18.4. The molecule has 0 fully saturated rings. The van der Waals surface area contributed by atoms with Crippen molar-refractivity contribution in [3.8, 4) is 0 Å². The number of rotatable bonds is 17. The lowest BCUT2D eigenvalue weighted by atomic mass is 10.0. The number of unbranched alkanes of at least 4 members (excludes halogenated alkanes) is 14. The molecular weight excluding hydrogens is 268 g/mol. The fraction of sp³-hybridized carbons (Fsp3) is 0.900. The molecule has 4 N–H and O–H groups in total. The summed E-state index contributed by atoms with van der Waals surface area (Å²) in [5, 5.41) is 0. The molecule has 0 aromatic heterocycles. The third-order valence-corrected chi connectivity index (χ3v) is 4.38. The first kappa shape index (κ1) is 21.7. The minimum Gasteiger partial charge on any atom is -0.329 e. The zero-order valence-corrected chi connectivity index (χ0v) is 15.2. The second kappa shape index (κ2) is 18.7. The van der Waals surface area contributed by atoms with E-state index in [-0.39, 0.29) is 6.04 Å². The number of allylic oxidation sites excluding steroid dienone is 1. The van der Waals surface area contributed by atoms with Crippen LogP contribution in [0.1, 0.15) is 103 Å². The molecule has 0 rings (SSSR count). The molecule has 0 aliphatic rings. The first-order valence-corrected chi connectivity index (χ1v) is 9.93. The van der Waals surface area contributed by atoms with Gasteiger partial charge in [0.1, 0.15) is 0 Å². The van der Waals surface area contributed by atoms with Crippen LogP contribution in [-0.4, -0.2) is 12.6 Å². The summed E-state index contributed by atoms with van der Waals surface area (Å²) in [7, 11) is 0. The predicted octanol–water partition coefficient (Wildman–Crippen LogP) is 5.70. The second-order valence-corrected chi connectivity index (χ2v) is 6.71. The van der Waals surface area contributed by atoms with E-state index in [9.17, 15) is 0 Å². The first-order chi connectivity index (χ1) is 10.8. The van der Waals surface area contributed by atoms with Crippen LogP contribution >= 0.6 is 0 Å². The largest absolute Gasteiger partial charge is 0.329 e. The number of nitrogens with two attached hydrogens (primary N) is 2. The van der Waals surface area contributed by atoms with E-state index in [1.165, 1.54) is 89.9 Å². The maximum atomic E-state index is 5.72. The molecule has 0 amide bonds. The third-order valence-electron chi connectivity index (χ3n) is 4.38. The predicted molar refractivity (Wildman–Crippen MR) is 101 cm³/mol. The van der Waals surface area contributed by atoms with Crippen LogP contribution in [0.3, 0.4) is 0 Å². The SMILES string of the molecule is CCCCCCCCCCCCCCCCC=CC(N)CN. The van der Waals surface area contributed by atoms with Gasteiger partial charge in [-0.3, -0.25) is 0 Å². The molecule has 2 heteroatoms. The highest BCUT2D eigenvalue weighted by molar-refractivity contribution is 4.91. The normalized spacial score (nSPS) is 13.0. The molecule has 22 heavy (non-hydrogen) atoms. The Balaban J connectivity index is 3.04. The highest BCUT2D eigenvalue weighted by Gasteiger charge is 1.94. The van der Waals surface area contributed by atoms with Crippen molar-refractivity contribution in [2.75, 3.05) is 6.54 Å². The van der Waals surface area contributed by atoms with Gasteiger partial charge in [-0.1, -0.05) is 103 Å². The van der Waals surface area contributed by atoms with Gasteiger partial charge in [0.2, 0.25) is 0 Å². The molecule has 0 aromatic carbocycles. The minimum absolute atomic E-state index is 0.0478. The molecule has 0 aliphatic carbocycles. The lowest BCUT2D eigenvalue weighted by molar-refractivity contribution is 0.536. The van der Waals surface area contributed by atoms with E-state index in [2.05, 4.69) is 13.0 Å². The zero-order chi connectivity index (χ0) is 16.3. The van der Waals surface area contributed by atoms with Gasteiger partial charge in [-0.25, -0.2) is 0 Å². The molecular formula is C20H42N2. The van der Waals surface area contributed by atoms with Crippen LogP contribution < -0.4 is 11.5 Å². The van der Waals surface area contributed by atoms with E-state index in [1.54, 1.807) is 0 Å². The van der Waals surface area contributed by atoms with Crippen LogP contribution in [0.4, 0.5) is 0 Å². The van der Waals surface area contributed by atoms with Crippen molar-refractivity contribution >= 4 is 0 Å². The summed E-state index contributed by atoms with van der Waals surface area (Å²) >= 11 is 0. The third kappa shape index (κ3) is 17.7. The smallest absolute Gasteiger partial charge is 0.0348 e. The van der Waals surface area contributed by atoms with Crippen LogP contribution in [0.25, 0.3) is 0 Å². The summed E-state index contributed by atoms with van der Waals surface area (Å²) in [6.45, 7) is 2.84. The van der Waals surface area contributed by atoms with Crippen molar-refractivity contribution in [1.29, 1.82) is 0 Å². The highest BCUT2D eigenvalue weighted by atomic mass is 14.7. The fourth-order valence-corrected chi connectivity index (χ4v) is 2.81. The molecule has 0 radical (unpaired) electrons. The van der Waals surface area contributed by atoms with Gasteiger partial charge in [-0.05, 0) is 12.8 Å². The minimum atomic E-state index is 0.0478. The molecule has 0 heterocycles. The molecule has 0 spiro atoms. The molecule has 1 atom stereocenters. The quantitative estimate of drug-likeness (QED) is 0.267. The standard InChI is InChI=1S/C20H42N2/c1-2-3-4-5-6-7-8-9-10-11-12-13-14-15-16-17-18-20(22)19-21/h17-18,20H,2-16,19,21-22H2,1H3. The van der Waals surface area contributed by atoms with Gasteiger partial charge in [-0.15, -0.1) is 0 Å². The van der Waals surface area contributed by atoms with Crippen molar-refractivity contribution in [3.05, 3.63) is 12.2 Å². The van der Waals surface area contributed by atoms with Gasteiger partial charge in [0.15, 0.2) is 0 Å². The maximum absolute atomic E-state index is 5.72. The van der Waals surface area contributed by atoms with Crippen LogP contribution in [-0.2, 0) is 0 Å². The summed E-state index contributed by atoms with van der Waals surface area (Å²) < 4.78 is 0. The van der Waals surface area contributed by atoms with Gasteiger partial charge in [-0.2, -0.15) is 0 Å². The van der Waals surface area contributed by atoms with E-state index in [0.717, 1.165) is 6.42 Å². The molecule has 0 aromatic rings. The van der Waals surface area contributed by atoms with Crippen molar-refractivity contribution in [1.82, 2.24) is 0 Å². The molecule has 0 saturated heterocycles. The Morgan fingerprint density at radius 2 is 1.09 bits per heavy atom. The summed E-state index contributed by atoms with van der Waals surface area (Å²) in [6, 6.07) is 0.0478. The average molecular weight is 311 g/mol. The number of hydrogen-bond acceptors (Lipinski definition) is 2. The lowest BCUT2D eigenvalue weighted by Crippen LogP contribution is -2.26. The Labute approximate surface area is 140 Å². The molecule has 1 unspecified atom stereocenters. The second-order valence-electron chi connectivity index (χ2n) is 6.71. The summed E-state index contributed by atoms with van der Waals surface area (Å²) in [6.07, 6.45) is 25.3. The Hall–Kier alpha value is -0.340. The van der Waals surface area contributed by atoms with E-state index in [0.29, 0.717) is 6.54 Å². The molecule has 2 nitrogen and oxygen atoms in total. The van der Waals surface area contributed by atoms with E-state index in [4.69, 9.17) is 11.5 Å². The van der Waals surface area contributed by atoms with Crippen LogP contribution in [0.5, 0.6) is 0 Å². The van der Waals surface area contributed by atoms with Crippen molar-refractivity contribution < 1.29 is 0 Å². The van der Waals surface area contributed by atoms with Gasteiger partial charge < -0.3 is 11.5 Å². The highest BCUT2D eigenvalue weighted by Crippen LogP contribution is 2.13. The summed E-state index contributed by atoms with van der Waals surface area (Å²) in [5.41, 5.74) is 11.2. The van der Waals surface area contributed by atoms with Gasteiger partial charge in [0.25, 0.3) is 0 Å². The van der Waals surface area contributed by atoms with E-state index in [1.807, 2.05) is 6.08 Å². The van der Waals surface area contributed by atoms with Gasteiger partial charge >= 0.3 is 0 Å². The molecule has 0 saturated carbocycles. The topological polar surface area (TPSA) is 52.0 Å². The van der Waals surface area contributed by atoms with Crippen molar-refractivity contribution in [3.63, 3.8) is 0 Å². The van der Waals surface area contributed by atoms with Gasteiger partial charge in [0.05, 0.1) is 0 Å². The van der Waals surface area contributed by atoms with E-state index >= 15 is 0 Å². The Morgan fingerprint density at radius 3 is 1.50 bits per heavy atom. The fourth-order valence-electron chi connectivity index (χ4n) is 2.81. The maximum Gasteiger partial charge on any atom is 0.0348 e. The first-order valence-electron chi connectivity index (χ1n) is 9.93. The Bertz CT molecular complexity index is 226. The molecule has 0 aliphatic heterocycles. The van der Waals surface area contributed by atoms with Gasteiger partial charge in [0, 0.05) is 12.6 Å². The summed E-state index contributed by atoms with van der Waals surface area (Å²) in [4.78, 5) is 0. The lowest BCUT2D eigenvalue weighted by Gasteiger charge is -2.03. The average Bonchev–Trinajstić information content (AvgIpc) is 2.54. The summed E-state index contributed by atoms with van der Waals surface area (Å²) in [5.74, 6) is 0. The molecule has 132 valence electrons. The van der Waals surface area contributed by atoms with Crippen molar-refractivity contribution in [2.45, 2.75) is 109 Å². The monoisotopic (exact) mass is 310 g/mol. The van der Waals surface area contributed by atoms with Crippen LogP contribution in [0.15, 0.2) is 12.2 Å².